The Hall–Kier alpha value is -4.05. The van der Waals surface area contributed by atoms with Crippen LogP contribution in [0, 0.1) is 18.3 Å². The molecule has 28 heavy (non-hydrogen) atoms. The van der Waals surface area contributed by atoms with Gasteiger partial charge in [-0.05, 0) is 43.3 Å². The average molecular weight is 374 g/mol. The van der Waals surface area contributed by atoms with Gasteiger partial charge in [0.2, 0.25) is 0 Å². The number of amides is 1. The minimum Gasteiger partial charge on any atom is -0.464 e. The molecule has 0 aliphatic carbocycles. The van der Waals surface area contributed by atoms with Gasteiger partial charge in [-0.25, -0.2) is 4.79 Å². The fourth-order valence-corrected chi connectivity index (χ4v) is 2.73. The zero-order valence-corrected chi connectivity index (χ0v) is 15.4. The maximum atomic E-state index is 12.3. The Morgan fingerprint density at radius 3 is 2.32 bits per heavy atom. The lowest BCUT2D eigenvalue weighted by molar-refractivity contribution is 0.0593. The predicted molar refractivity (Wildman–Crippen MR) is 105 cm³/mol. The van der Waals surface area contributed by atoms with E-state index in [1.165, 1.54) is 17.9 Å². The van der Waals surface area contributed by atoms with Crippen molar-refractivity contribution in [2.24, 2.45) is 0 Å². The van der Waals surface area contributed by atoms with Gasteiger partial charge in [0, 0.05) is 23.1 Å². The van der Waals surface area contributed by atoms with Crippen LogP contribution < -0.4 is 11.1 Å². The molecule has 1 amide bonds. The lowest BCUT2D eigenvalue weighted by Crippen LogP contribution is -2.12. The molecule has 0 radical (unpaired) electrons. The normalized spacial score (nSPS) is 10.2. The quantitative estimate of drug-likeness (QED) is 0.681. The minimum absolute atomic E-state index is 0.0612. The molecule has 0 aliphatic heterocycles. The molecule has 0 aliphatic rings. The number of nitrogens with zero attached hydrogens (tertiary/aromatic N) is 2. The average Bonchev–Trinajstić information content (AvgIpc) is 3.04. The molecule has 0 fully saturated rings. The predicted octanol–water partition coefficient (Wildman–Crippen LogP) is 3.28. The van der Waals surface area contributed by atoms with Gasteiger partial charge in [0.05, 0.1) is 18.4 Å². The number of carbonyl (C=O) groups is 2. The molecule has 2 aromatic carbocycles. The fourth-order valence-electron chi connectivity index (χ4n) is 2.73. The van der Waals surface area contributed by atoms with Crippen LogP contribution in [0.3, 0.4) is 0 Å². The van der Waals surface area contributed by atoms with Crippen molar-refractivity contribution in [1.82, 2.24) is 4.57 Å². The number of hydrogen-bond acceptors (Lipinski definition) is 5. The number of aryl methyl sites for hydroxylation is 1. The molecule has 0 saturated heterocycles. The number of methoxy groups -OCH3 is 1. The zero-order valence-electron chi connectivity index (χ0n) is 15.4. The minimum atomic E-state index is -0.643. The van der Waals surface area contributed by atoms with Crippen LogP contribution >= 0.6 is 0 Å². The molecule has 3 aromatic rings. The van der Waals surface area contributed by atoms with E-state index in [4.69, 9.17) is 10.5 Å². The van der Waals surface area contributed by atoms with Crippen molar-refractivity contribution in [3.05, 3.63) is 77.1 Å². The Morgan fingerprint density at radius 1 is 1.11 bits per heavy atom. The third-order valence-electron chi connectivity index (χ3n) is 4.26. The molecule has 0 spiro atoms. The van der Waals surface area contributed by atoms with Crippen molar-refractivity contribution < 1.29 is 14.3 Å². The number of hydrogen-bond donors (Lipinski definition) is 2. The summed E-state index contributed by atoms with van der Waals surface area (Å²) in [4.78, 5) is 24.4. The van der Waals surface area contributed by atoms with Gasteiger partial charge in [0.25, 0.3) is 5.91 Å². The molecule has 3 N–H and O–H groups in total. The molecule has 1 aromatic heterocycles. The first-order valence-electron chi connectivity index (χ1n) is 8.42. The van der Waals surface area contributed by atoms with Gasteiger partial charge in [0.1, 0.15) is 6.07 Å². The monoisotopic (exact) mass is 374 g/mol. The number of carbonyl (C=O) groups excluding carboxylic acids is 2. The number of nitrogens with two attached hydrogens (primary N) is 1. The van der Waals surface area contributed by atoms with Crippen molar-refractivity contribution >= 4 is 23.3 Å². The summed E-state index contributed by atoms with van der Waals surface area (Å²) in [6.07, 6.45) is 1.47. The van der Waals surface area contributed by atoms with Gasteiger partial charge in [0.15, 0.2) is 5.69 Å². The molecule has 3 rings (SSSR count). The number of nitrogen functional groups attached to an aromatic ring is 1. The largest absolute Gasteiger partial charge is 0.464 e. The number of ether oxygens (including phenoxy) is 1. The van der Waals surface area contributed by atoms with Crippen LogP contribution in [-0.4, -0.2) is 23.6 Å². The highest BCUT2D eigenvalue weighted by Crippen LogP contribution is 2.25. The SMILES string of the molecule is COC(=O)c1c(N)c(C#N)cn1-c1ccc(NC(=O)c2ccc(C)cc2)cc1. The third-order valence-corrected chi connectivity index (χ3v) is 4.26. The van der Waals surface area contributed by atoms with Gasteiger partial charge in [-0.1, -0.05) is 17.7 Å². The van der Waals surface area contributed by atoms with Gasteiger partial charge in [-0.2, -0.15) is 5.26 Å². The highest BCUT2D eigenvalue weighted by molar-refractivity contribution is 6.04. The Bertz CT molecular complexity index is 1070. The maximum Gasteiger partial charge on any atom is 0.357 e. The van der Waals surface area contributed by atoms with Crippen LogP contribution in [0.2, 0.25) is 0 Å². The van der Waals surface area contributed by atoms with Crippen LogP contribution in [0.1, 0.15) is 32.0 Å². The first-order valence-corrected chi connectivity index (χ1v) is 8.42. The van der Waals surface area contributed by atoms with E-state index >= 15 is 0 Å². The molecule has 7 heteroatoms. The number of anilines is 2. The molecular weight excluding hydrogens is 356 g/mol. The van der Waals surface area contributed by atoms with E-state index in [0.29, 0.717) is 16.9 Å². The van der Waals surface area contributed by atoms with E-state index in [9.17, 15) is 14.9 Å². The molecule has 0 bridgehead atoms. The lowest BCUT2D eigenvalue weighted by atomic mass is 10.1. The van der Waals surface area contributed by atoms with Crippen molar-refractivity contribution in [1.29, 1.82) is 5.26 Å². The summed E-state index contributed by atoms with van der Waals surface area (Å²) in [6, 6.07) is 16.0. The van der Waals surface area contributed by atoms with Gasteiger partial charge in [-0.3, -0.25) is 4.79 Å². The number of nitrogens with one attached hydrogen (secondary N) is 1. The van der Waals surface area contributed by atoms with E-state index in [1.54, 1.807) is 36.4 Å². The van der Waals surface area contributed by atoms with Gasteiger partial charge in [-0.15, -0.1) is 0 Å². The molecule has 140 valence electrons. The number of benzene rings is 2. The van der Waals surface area contributed by atoms with Crippen LogP contribution in [0.15, 0.2) is 54.7 Å². The van der Waals surface area contributed by atoms with E-state index in [-0.39, 0.29) is 22.9 Å². The van der Waals surface area contributed by atoms with Crippen molar-refractivity contribution in [3.63, 3.8) is 0 Å². The molecular formula is C21H18N4O3. The Kier molecular flexibility index (Phi) is 5.14. The Balaban J connectivity index is 1.87. The molecule has 1 heterocycles. The fraction of sp³-hybridized carbons (Fsp3) is 0.0952. The Labute approximate surface area is 162 Å². The Morgan fingerprint density at radius 2 is 1.75 bits per heavy atom. The van der Waals surface area contributed by atoms with Crippen LogP contribution in [0.5, 0.6) is 0 Å². The number of esters is 1. The second-order valence-corrected chi connectivity index (χ2v) is 6.15. The second kappa shape index (κ2) is 7.68. The number of aromatic nitrogens is 1. The second-order valence-electron chi connectivity index (χ2n) is 6.15. The summed E-state index contributed by atoms with van der Waals surface area (Å²) in [5.74, 6) is -0.865. The standard InChI is InChI=1S/C21H18N4O3/c1-13-3-5-14(6-4-13)20(26)24-16-7-9-17(10-8-16)25-12-15(11-22)18(23)19(25)21(27)28-2/h3-10,12H,23H2,1-2H3,(H,24,26). The number of rotatable bonds is 4. The first kappa shape index (κ1) is 18.7. The summed E-state index contributed by atoms with van der Waals surface area (Å²) in [5, 5.41) is 12.0. The molecule has 7 nitrogen and oxygen atoms in total. The highest BCUT2D eigenvalue weighted by atomic mass is 16.5. The first-order chi connectivity index (χ1) is 13.4. The summed E-state index contributed by atoms with van der Waals surface area (Å²) in [7, 11) is 1.24. The van der Waals surface area contributed by atoms with Crippen molar-refractivity contribution in [3.8, 4) is 11.8 Å². The topological polar surface area (TPSA) is 110 Å². The lowest BCUT2D eigenvalue weighted by Gasteiger charge is -2.10. The maximum absolute atomic E-state index is 12.3. The van der Waals surface area contributed by atoms with Crippen LogP contribution in [0.25, 0.3) is 5.69 Å². The zero-order chi connectivity index (χ0) is 20.3. The van der Waals surface area contributed by atoms with Crippen molar-refractivity contribution in [2.45, 2.75) is 6.92 Å². The van der Waals surface area contributed by atoms with E-state index in [1.807, 2.05) is 25.1 Å². The summed E-state index contributed by atoms with van der Waals surface area (Å²) < 4.78 is 6.26. The number of nitriles is 1. The van der Waals surface area contributed by atoms with Crippen molar-refractivity contribution in [2.75, 3.05) is 18.2 Å². The summed E-state index contributed by atoms with van der Waals surface area (Å²) >= 11 is 0. The molecule has 0 atom stereocenters. The van der Waals surface area contributed by atoms with E-state index < -0.39 is 5.97 Å². The smallest absolute Gasteiger partial charge is 0.357 e. The summed E-state index contributed by atoms with van der Waals surface area (Å²) in [6.45, 7) is 1.95. The van der Waals surface area contributed by atoms with Crippen LogP contribution in [-0.2, 0) is 4.74 Å². The van der Waals surface area contributed by atoms with E-state index in [0.717, 1.165) is 5.56 Å². The molecule has 0 saturated carbocycles. The van der Waals surface area contributed by atoms with Gasteiger partial charge >= 0.3 is 5.97 Å². The van der Waals surface area contributed by atoms with Gasteiger partial charge < -0.3 is 20.4 Å². The molecule has 0 unspecified atom stereocenters. The van der Waals surface area contributed by atoms with Crippen LogP contribution in [0.4, 0.5) is 11.4 Å². The third kappa shape index (κ3) is 3.57. The van der Waals surface area contributed by atoms with E-state index in [2.05, 4.69) is 5.32 Å². The summed E-state index contributed by atoms with van der Waals surface area (Å²) in [5.41, 5.74) is 9.04. The highest BCUT2D eigenvalue weighted by Gasteiger charge is 2.21.